The van der Waals surface area contributed by atoms with Gasteiger partial charge < -0.3 is 10.2 Å². The average molecular weight is 239 g/mol. The van der Waals surface area contributed by atoms with E-state index in [0.29, 0.717) is 5.92 Å². The quantitative estimate of drug-likeness (QED) is 0.870. The molecule has 1 aromatic rings. The van der Waals surface area contributed by atoms with Gasteiger partial charge >= 0.3 is 0 Å². The Morgan fingerprint density at radius 3 is 2.69 bits per heavy atom. The molecule has 1 unspecified atom stereocenters. The lowest BCUT2D eigenvalue weighted by Crippen LogP contribution is -2.44. The maximum atomic E-state index is 6.21. The Balaban J connectivity index is 1.96. The van der Waals surface area contributed by atoms with E-state index in [0.717, 1.165) is 37.7 Å². The van der Waals surface area contributed by atoms with E-state index in [-0.39, 0.29) is 0 Å². The molecule has 0 radical (unpaired) electrons. The molecule has 1 aliphatic heterocycles. The largest absolute Gasteiger partial charge is 0.314 e. The average Bonchev–Trinajstić information content (AvgIpc) is 2.31. The second-order valence-electron chi connectivity index (χ2n) is 4.47. The molecule has 1 atom stereocenters. The predicted octanol–water partition coefficient (Wildman–Crippen LogP) is 2.35. The van der Waals surface area contributed by atoms with Gasteiger partial charge in [-0.3, -0.25) is 0 Å². The number of nitrogens with one attached hydrogen (secondary N) is 1. The monoisotopic (exact) mass is 238 g/mol. The van der Waals surface area contributed by atoms with Gasteiger partial charge in [0.2, 0.25) is 0 Å². The van der Waals surface area contributed by atoms with Crippen LogP contribution >= 0.6 is 11.6 Å². The molecule has 1 saturated heterocycles. The SMILES string of the molecule is CC(CN1CCNCC1)c1ccccc1Cl. The van der Waals surface area contributed by atoms with Crippen molar-refractivity contribution in [3.05, 3.63) is 34.9 Å². The fraction of sp³-hybridized carbons (Fsp3) is 0.538. The number of rotatable bonds is 3. The molecule has 1 aliphatic rings. The van der Waals surface area contributed by atoms with E-state index in [9.17, 15) is 0 Å². The van der Waals surface area contributed by atoms with E-state index in [1.165, 1.54) is 5.56 Å². The molecule has 0 amide bonds. The first-order chi connectivity index (χ1) is 7.77. The zero-order valence-corrected chi connectivity index (χ0v) is 10.5. The molecule has 88 valence electrons. The summed E-state index contributed by atoms with van der Waals surface area (Å²) in [4.78, 5) is 2.50. The summed E-state index contributed by atoms with van der Waals surface area (Å²) in [6.07, 6.45) is 0. The molecule has 1 aromatic carbocycles. The number of nitrogens with zero attached hydrogens (tertiary/aromatic N) is 1. The van der Waals surface area contributed by atoms with Crippen molar-refractivity contribution >= 4 is 11.6 Å². The minimum atomic E-state index is 0.506. The summed E-state index contributed by atoms with van der Waals surface area (Å²) in [5, 5.41) is 4.27. The topological polar surface area (TPSA) is 15.3 Å². The first kappa shape index (κ1) is 11.9. The van der Waals surface area contributed by atoms with Crippen LogP contribution < -0.4 is 5.32 Å². The second-order valence-corrected chi connectivity index (χ2v) is 4.88. The van der Waals surface area contributed by atoms with Crippen molar-refractivity contribution < 1.29 is 0 Å². The minimum absolute atomic E-state index is 0.506. The fourth-order valence-corrected chi connectivity index (χ4v) is 2.58. The van der Waals surface area contributed by atoms with Gasteiger partial charge in [-0.1, -0.05) is 36.7 Å². The zero-order valence-electron chi connectivity index (χ0n) is 9.75. The van der Waals surface area contributed by atoms with Crippen molar-refractivity contribution in [1.29, 1.82) is 0 Å². The van der Waals surface area contributed by atoms with Gasteiger partial charge in [0.25, 0.3) is 0 Å². The lowest BCUT2D eigenvalue weighted by atomic mass is 10.0. The van der Waals surface area contributed by atoms with Crippen LogP contribution in [0.4, 0.5) is 0 Å². The Bertz CT molecular complexity index is 334. The van der Waals surface area contributed by atoms with Crippen molar-refractivity contribution in [2.24, 2.45) is 0 Å². The summed E-state index contributed by atoms with van der Waals surface area (Å²) < 4.78 is 0. The van der Waals surface area contributed by atoms with Gasteiger partial charge in [0.15, 0.2) is 0 Å². The van der Waals surface area contributed by atoms with Gasteiger partial charge in [-0.15, -0.1) is 0 Å². The van der Waals surface area contributed by atoms with Gasteiger partial charge in [-0.2, -0.15) is 0 Å². The van der Waals surface area contributed by atoms with Gasteiger partial charge in [-0.25, -0.2) is 0 Å². The molecule has 0 saturated carbocycles. The first-order valence-electron chi connectivity index (χ1n) is 5.95. The van der Waals surface area contributed by atoms with E-state index in [1.807, 2.05) is 12.1 Å². The van der Waals surface area contributed by atoms with E-state index >= 15 is 0 Å². The molecule has 3 heteroatoms. The van der Waals surface area contributed by atoms with E-state index in [4.69, 9.17) is 11.6 Å². The lowest BCUT2D eigenvalue weighted by Gasteiger charge is -2.30. The van der Waals surface area contributed by atoms with Crippen LogP contribution in [-0.4, -0.2) is 37.6 Å². The molecule has 0 aliphatic carbocycles. The molecule has 0 spiro atoms. The third-order valence-electron chi connectivity index (χ3n) is 3.18. The lowest BCUT2D eigenvalue weighted by molar-refractivity contribution is 0.230. The van der Waals surface area contributed by atoms with E-state index in [1.54, 1.807) is 0 Å². The van der Waals surface area contributed by atoms with Gasteiger partial charge in [0.05, 0.1) is 0 Å². The predicted molar refractivity (Wildman–Crippen MR) is 69.2 cm³/mol. The van der Waals surface area contributed by atoms with Crippen LogP contribution in [0.3, 0.4) is 0 Å². The standard InChI is InChI=1S/C13H19ClN2/c1-11(10-16-8-6-15-7-9-16)12-4-2-3-5-13(12)14/h2-5,11,15H,6-10H2,1H3. The normalized spacial score (nSPS) is 19.6. The molecule has 0 bridgehead atoms. The Morgan fingerprint density at radius 1 is 1.31 bits per heavy atom. The third kappa shape index (κ3) is 2.97. The molecule has 2 nitrogen and oxygen atoms in total. The smallest absolute Gasteiger partial charge is 0.0441 e. The summed E-state index contributed by atoms with van der Waals surface area (Å²) in [6.45, 7) is 7.86. The Hall–Kier alpha value is -0.570. The Morgan fingerprint density at radius 2 is 2.00 bits per heavy atom. The van der Waals surface area contributed by atoms with Crippen LogP contribution in [0.5, 0.6) is 0 Å². The van der Waals surface area contributed by atoms with Crippen LogP contribution in [-0.2, 0) is 0 Å². The van der Waals surface area contributed by atoms with Gasteiger partial charge in [0, 0.05) is 37.7 Å². The Kier molecular flexibility index (Phi) is 4.22. The van der Waals surface area contributed by atoms with Crippen LogP contribution in [0.1, 0.15) is 18.4 Å². The van der Waals surface area contributed by atoms with Gasteiger partial charge in [-0.05, 0) is 17.5 Å². The first-order valence-corrected chi connectivity index (χ1v) is 6.32. The maximum Gasteiger partial charge on any atom is 0.0441 e. The summed E-state index contributed by atoms with van der Waals surface area (Å²) in [5.74, 6) is 0.506. The van der Waals surface area contributed by atoms with Crippen LogP contribution in [0.25, 0.3) is 0 Å². The van der Waals surface area contributed by atoms with Crippen molar-refractivity contribution in [3.63, 3.8) is 0 Å². The van der Waals surface area contributed by atoms with Gasteiger partial charge in [0.1, 0.15) is 0 Å². The highest BCUT2D eigenvalue weighted by Gasteiger charge is 2.15. The van der Waals surface area contributed by atoms with Crippen LogP contribution in [0, 0.1) is 0 Å². The van der Waals surface area contributed by atoms with Crippen molar-refractivity contribution in [3.8, 4) is 0 Å². The van der Waals surface area contributed by atoms with Crippen LogP contribution in [0.15, 0.2) is 24.3 Å². The summed E-state index contributed by atoms with van der Waals surface area (Å²) >= 11 is 6.21. The molecule has 1 N–H and O–H groups in total. The molecule has 0 aromatic heterocycles. The number of hydrogen-bond acceptors (Lipinski definition) is 2. The number of halogens is 1. The van der Waals surface area contributed by atoms with Crippen molar-refractivity contribution in [1.82, 2.24) is 10.2 Å². The highest BCUT2D eigenvalue weighted by atomic mass is 35.5. The van der Waals surface area contributed by atoms with E-state index < -0.39 is 0 Å². The maximum absolute atomic E-state index is 6.21. The number of piperazine rings is 1. The molecule has 1 fully saturated rings. The minimum Gasteiger partial charge on any atom is -0.314 e. The zero-order chi connectivity index (χ0) is 11.4. The van der Waals surface area contributed by atoms with Crippen molar-refractivity contribution in [2.75, 3.05) is 32.7 Å². The molecular weight excluding hydrogens is 220 g/mol. The highest BCUT2D eigenvalue weighted by Crippen LogP contribution is 2.24. The third-order valence-corrected chi connectivity index (χ3v) is 3.52. The van der Waals surface area contributed by atoms with E-state index in [2.05, 4.69) is 29.3 Å². The molecule has 1 heterocycles. The molecule has 2 rings (SSSR count). The number of hydrogen-bond donors (Lipinski definition) is 1. The summed E-state index contributed by atoms with van der Waals surface area (Å²) in [6, 6.07) is 8.17. The highest BCUT2D eigenvalue weighted by molar-refractivity contribution is 6.31. The van der Waals surface area contributed by atoms with Crippen molar-refractivity contribution in [2.45, 2.75) is 12.8 Å². The molecule has 16 heavy (non-hydrogen) atoms. The fourth-order valence-electron chi connectivity index (χ4n) is 2.25. The number of benzene rings is 1. The molecular formula is C13H19ClN2. The summed E-state index contributed by atoms with van der Waals surface area (Å²) in [7, 11) is 0. The van der Waals surface area contributed by atoms with Crippen LogP contribution in [0.2, 0.25) is 5.02 Å². The Labute approximate surface area is 103 Å². The second kappa shape index (κ2) is 5.67. The summed E-state index contributed by atoms with van der Waals surface area (Å²) in [5.41, 5.74) is 1.27.